The van der Waals surface area contributed by atoms with Crippen molar-refractivity contribution in [2.45, 2.75) is 0 Å². The van der Waals surface area contributed by atoms with Crippen molar-refractivity contribution in [2.24, 2.45) is 0 Å². The van der Waals surface area contributed by atoms with Crippen LogP contribution in [-0.4, -0.2) is 18.1 Å². The molecule has 0 aliphatic carbocycles. The Balaban J connectivity index is 4.07. The first kappa shape index (κ1) is 9.29. The van der Waals surface area contributed by atoms with Crippen LogP contribution >= 0.6 is 0 Å². The van der Waals surface area contributed by atoms with Gasteiger partial charge in [0.25, 0.3) is 5.91 Å². The molecule has 0 heterocycles. The van der Waals surface area contributed by atoms with E-state index < -0.39 is 17.4 Å². The number of hydrogen-bond acceptors (Lipinski definition) is 3. The van der Waals surface area contributed by atoms with E-state index in [4.69, 9.17) is 0 Å². The van der Waals surface area contributed by atoms with Crippen LogP contribution in [0, 0.1) is 0 Å². The Morgan fingerprint density at radius 3 is 2.36 bits per heavy atom. The molecule has 0 saturated carbocycles. The van der Waals surface area contributed by atoms with Gasteiger partial charge in [-0.3, -0.25) is 19.7 Å². The highest BCUT2D eigenvalue weighted by Gasteiger charge is 2.07. The molecule has 4 heteroatoms. The van der Waals surface area contributed by atoms with E-state index in [1.54, 1.807) is 0 Å². The molecular weight excluding hydrogens is 146 g/mol. The highest BCUT2D eigenvalue weighted by molar-refractivity contribution is 6.16. The predicted molar refractivity (Wildman–Crippen MR) is 38.2 cm³/mol. The SMILES string of the molecule is C=CC(=O)NC(=O)C(=C)[C]=O. The fourth-order valence-electron chi connectivity index (χ4n) is 0.285. The van der Waals surface area contributed by atoms with Crippen LogP contribution < -0.4 is 5.32 Å². The predicted octanol–water partition coefficient (Wildman–Crippen LogP) is -0.519. The summed E-state index contributed by atoms with van der Waals surface area (Å²) in [6.07, 6.45) is 2.16. The molecule has 0 bridgehead atoms. The molecule has 2 amide bonds. The topological polar surface area (TPSA) is 63.2 Å². The molecule has 0 saturated heterocycles. The second-order valence-electron chi connectivity index (χ2n) is 1.60. The molecule has 11 heavy (non-hydrogen) atoms. The van der Waals surface area contributed by atoms with Crippen molar-refractivity contribution < 1.29 is 14.4 Å². The Hall–Kier alpha value is -1.71. The van der Waals surface area contributed by atoms with Crippen LogP contribution in [0.2, 0.25) is 0 Å². The zero-order valence-electron chi connectivity index (χ0n) is 5.72. The zero-order valence-corrected chi connectivity index (χ0v) is 5.72. The largest absolute Gasteiger partial charge is 0.289 e. The number of rotatable bonds is 3. The minimum Gasteiger partial charge on any atom is -0.289 e. The monoisotopic (exact) mass is 152 g/mol. The molecule has 0 aliphatic rings. The molecule has 1 radical (unpaired) electrons. The van der Waals surface area contributed by atoms with Gasteiger partial charge in [-0.25, -0.2) is 0 Å². The number of hydrogen-bond donors (Lipinski definition) is 1. The number of carbonyl (C=O) groups is 2. The average Bonchev–Trinajstić information content (AvgIpc) is 2.02. The molecule has 0 aromatic carbocycles. The summed E-state index contributed by atoms with van der Waals surface area (Å²) in [5.74, 6) is -1.53. The van der Waals surface area contributed by atoms with Gasteiger partial charge in [0.1, 0.15) is 0 Å². The summed E-state index contributed by atoms with van der Waals surface area (Å²) < 4.78 is 0. The maximum atomic E-state index is 10.6. The lowest BCUT2D eigenvalue weighted by Crippen LogP contribution is -2.29. The normalized spacial score (nSPS) is 8.00. The molecule has 0 aliphatic heterocycles. The van der Waals surface area contributed by atoms with Crippen molar-refractivity contribution in [1.29, 1.82) is 0 Å². The minimum absolute atomic E-state index is 0.416. The van der Waals surface area contributed by atoms with E-state index in [2.05, 4.69) is 13.2 Å². The fourth-order valence-corrected chi connectivity index (χ4v) is 0.285. The van der Waals surface area contributed by atoms with Gasteiger partial charge in [-0.15, -0.1) is 0 Å². The number of carbonyl (C=O) groups excluding carboxylic acids is 3. The van der Waals surface area contributed by atoms with Crippen LogP contribution in [0.25, 0.3) is 0 Å². The van der Waals surface area contributed by atoms with E-state index in [-0.39, 0.29) is 0 Å². The van der Waals surface area contributed by atoms with E-state index in [1.165, 1.54) is 6.29 Å². The van der Waals surface area contributed by atoms with Gasteiger partial charge in [0.05, 0.1) is 5.57 Å². The van der Waals surface area contributed by atoms with Crippen molar-refractivity contribution >= 4 is 18.1 Å². The van der Waals surface area contributed by atoms with Gasteiger partial charge in [0, 0.05) is 0 Å². The van der Waals surface area contributed by atoms with Crippen molar-refractivity contribution in [1.82, 2.24) is 5.32 Å². The van der Waals surface area contributed by atoms with Crippen LogP contribution in [0.15, 0.2) is 24.8 Å². The van der Waals surface area contributed by atoms with Gasteiger partial charge in [-0.2, -0.15) is 0 Å². The first-order chi connectivity index (χ1) is 5.11. The lowest BCUT2D eigenvalue weighted by atomic mass is 10.3. The Morgan fingerprint density at radius 2 is 2.00 bits per heavy atom. The van der Waals surface area contributed by atoms with E-state index in [0.29, 0.717) is 0 Å². The first-order valence-electron chi connectivity index (χ1n) is 2.66. The van der Waals surface area contributed by atoms with Crippen LogP contribution in [0.5, 0.6) is 0 Å². The number of amides is 2. The maximum absolute atomic E-state index is 10.6. The van der Waals surface area contributed by atoms with Crippen LogP contribution in [0.4, 0.5) is 0 Å². The van der Waals surface area contributed by atoms with Gasteiger partial charge in [-0.1, -0.05) is 13.2 Å². The Kier molecular flexibility index (Phi) is 3.51. The Bertz CT molecular complexity index is 230. The molecule has 0 aromatic rings. The van der Waals surface area contributed by atoms with Crippen LogP contribution in [0.3, 0.4) is 0 Å². The molecule has 0 spiro atoms. The van der Waals surface area contributed by atoms with E-state index in [9.17, 15) is 14.4 Å². The first-order valence-corrected chi connectivity index (χ1v) is 2.66. The standard InChI is InChI=1S/C7H6NO3/c1-3-6(10)8-7(11)5(2)4-9/h3H,1-2H2,(H,8,10,11). The molecule has 0 rings (SSSR count). The molecule has 0 atom stereocenters. The average molecular weight is 152 g/mol. The third-order valence-corrected chi connectivity index (χ3v) is 0.819. The maximum Gasteiger partial charge on any atom is 0.261 e. The van der Waals surface area contributed by atoms with Gasteiger partial charge in [0.2, 0.25) is 12.2 Å². The van der Waals surface area contributed by atoms with Gasteiger partial charge >= 0.3 is 0 Å². The highest BCUT2D eigenvalue weighted by Crippen LogP contribution is 1.82. The lowest BCUT2D eigenvalue weighted by Gasteiger charge is -1.95. The number of nitrogens with one attached hydrogen (secondary N) is 1. The summed E-state index contributed by atoms with van der Waals surface area (Å²) in [5, 5.41) is 1.82. The summed E-state index contributed by atoms with van der Waals surface area (Å²) >= 11 is 0. The van der Waals surface area contributed by atoms with Gasteiger partial charge in [0.15, 0.2) is 0 Å². The van der Waals surface area contributed by atoms with E-state index >= 15 is 0 Å². The lowest BCUT2D eigenvalue weighted by molar-refractivity contribution is -0.125. The van der Waals surface area contributed by atoms with Crippen LogP contribution in [0.1, 0.15) is 0 Å². The second kappa shape index (κ2) is 4.16. The number of imide groups is 1. The van der Waals surface area contributed by atoms with Gasteiger partial charge < -0.3 is 0 Å². The van der Waals surface area contributed by atoms with E-state index in [0.717, 1.165) is 6.08 Å². The zero-order chi connectivity index (χ0) is 8.85. The summed E-state index contributed by atoms with van der Waals surface area (Å²) in [7, 11) is 0. The third kappa shape index (κ3) is 3.10. The third-order valence-electron chi connectivity index (χ3n) is 0.819. The fraction of sp³-hybridized carbons (Fsp3) is 0. The molecule has 57 valence electrons. The smallest absolute Gasteiger partial charge is 0.261 e. The summed E-state index contributed by atoms with van der Waals surface area (Å²) in [6, 6.07) is 0. The van der Waals surface area contributed by atoms with Crippen molar-refractivity contribution in [3.8, 4) is 0 Å². The summed E-state index contributed by atoms with van der Waals surface area (Å²) in [6.45, 7) is 6.14. The van der Waals surface area contributed by atoms with E-state index in [1.807, 2.05) is 5.32 Å². The van der Waals surface area contributed by atoms with Crippen molar-refractivity contribution in [2.75, 3.05) is 0 Å². The van der Waals surface area contributed by atoms with Crippen molar-refractivity contribution in [3.63, 3.8) is 0 Å². The minimum atomic E-state index is -0.857. The highest BCUT2D eigenvalue weighted by atomic mass is 16.2. The molecule has 0 aromatic heterocycles. The summed E-state index contributed by atoms with van der Waals surface area (Å²) in [4.78, 5) is 30.8. The molecule has 0 unspecified atom stereocenters. The van der Waals surface area contributed by atoms with Gasteiger partial charge in [-0.05, 0) is 6.08 Å². The molecular formula is C7H6NO3. The quantitative estimate of drug-likeness (QED) is 0.336. The van der Waals surface area contributed by atoms with Crippen molar-refractivity contribution in [3.05, 3.63) is 24.8 Å². The molecule has 0 fully saturated rings. The summed E-state index contributed by atoms with van der Waals surface area (Å²) in [5.41, 5.74) is -0.416. The second-order valence-corrected chi connectivity index (χ2v) is 1.60. The van der Waals surface area contributed by atoms with Crippen LogP contribution in [-0.2, 0) is 14.4 Å². The Morgan fingerprint density at radius 1 is 1.45 bits per heavy atom. The molecule has 1 N–H and O–H groups in total. The Labute approximate surface area is 63.6 Å². The molecule has 4 nitrogen and oxygen atoms in total.